The zero-order chi connectivity index (χ0) is 13.5. The Morgan fingerprint density at radius 1 is 1.28 bits per heavy atom. The first-order valence-electron chi connectivity index (χ1n) is 7.28. The zero-order valence-electron chi connectivity index (χ0n) is 12.6. The molecule has 0 fully saturated rings. The monoisotopic (exact) mass is 251 g/mol. The van der Waals surface area contributed by atoms with Crippen molar-refractivity contribution in [3.63, 3.8) is 0 Å². The Hall–Kier alpha value is -0.830. The van der Waals surface area contributed by atoms with E-state index in [-0.39, 0.29) is 0 Å². The largest absolute Gasteiger partial charge is 0.317 e. The third-order valence-electron chi connectivity index (χ3n) is 3.66. The average Bonchev–Trinajstić information content (AvgIpc) is 2.81. The van der Waals surface area contributed by atoms with Crippen LogP contribution in [0.2, 0.25) is 0 Å². The Morgan fingerprint density at radius 3 is 2.56 bits per heavy atom. The highest BCUT2D eigenvalue weighted by atomic mass is 15.3. The number of hydrogen-bond acceptors (Lipinski definition) is 2. The van der Waals surface area contributed by atoms with Crippen LogP contribution < -0.4 is 5.32 Å². The molecule has 0 aliphatic carbocycles. The normalized spacial score (nSPS) is 15.0. The van der Waals surface area contributed by atoms with Gasteiger partial charge in [0.1, 0.15) is 0 Å². The molecule has 1 aromatic rings. The molecule has 0 radical (unpaired) electrons. The summed E-state index contributed by atoms with van der Waals surface area (Å²) in [7, 11) is 2.05. The zero-order valence-corrected chi connectivity index (χ0v) is 12.6. The van der Waals surface area contributed by atoms with Crippen molar-refractivity contribution in [3.8, 4) is 0 Å². The first-order chi connectivity index (χ1) is 8.56. The van der Waals surface area contributed by atoms with Gasteiger partial charge in [0.15, 0.2) is 0 Å². The van der Waals surface area contributed by atoms with Gasteiger partial charge in [-0.25, -0.2) is 0 Å². The molecule has 3 heteroatoms. The molecule has 18 heavy (non-hydrogen) atoms. The Kier molecular flexibility index (Phi) is 6.41. The molecule has 0 bridgehead atoms. The molecule has 0 saturated heterocycles. The number of likely N-dealkylation sites (N-methyl/N-ethyl adjacent to an activating group) is 1. The average molecular weight is 251 g/mol. The minimum absolute atomic E-state index is 0.502. The van der Waals surface area contributed by atoms with Crippen LogP contribution in [-0.4, -0.2) is 22.9 Å². The maximum absolute atomic E-state index is 4.67. The minimum Gasteiger partial charge on any atom is -0.317 e. The van der Waals surface area contributed by atoms with Crippen molar-refractivity contribution in [2.45, 2.75) is 65.5 Å². The van der Waals surface area contributed by atoms with Crippen molar-refractivity contribution in [2.24, 2.45) is 5.92 Å². The van der Waals surface area contributed by atoms with E-state index in [0.29, 0.717) is 12.1 Å². The predicted molar refractivity (Wildman–Crippen MR) is 77.9 cm³/mol. The summed E-state index contributed by atoms with van der Waals surface area (Å²) in [6, 6.07) is 3.21. The van der Waals surface area contributed by atoms with Gasteiger partial charge in [-0.1, -0.05) is 20.8 Å². The van der Waals surface area contributed by atoms with Crippen LogP contribution in [0.25, 0.3) is 0 Å². The highest BCUT2D eigenvalue weighted by Crippen LogP contribution is 2.13. The fourth-order valence-corrected chi connectivity index (χ4v) is 2.05. The van der Waals surface area contributed by atoms with Crippen molar-refractivity contribution in [1.82, 2.24) is 15.1 Å². The molecule has 1 heterocycles. The number of rotatable bonds is 8. The maximum Gasteiger partial charge on any atom is 0.0640 e. The van der Waals surface area contributed by atoms with E-state index in [1.807, 2.05) is 0 Å². The van der Waals surface area contributed by atoms with Gasteiger partial charge >= 0.3 is 0 Å². The van der Waals surface area contributed by atoms with Crippen molar-refractivity contribution < 1.29 is 0 Å². The fourth-order valence-electron chi connectivity index (χ4n) is 2.05. The third-order valence-corrected chi connectivity index (χ3v) is 3.66. The first kappa shape index (κ1) is 15.2. The Labute approximate surface area is 112 Å². The lowest BCUT2D eigenvalue weighted by Crippen LogP contribution is -2.28. The molecule has 1 rings (SSSR count). The van der Waals surface area contributed by atoms with Crippen molar-refractivity contribution in [2.75, 3.05) is 7.05 Å². The molecule has 1 N–H and O–H groups in total. The van der Waals surface area contributed by atoms with Gasteiger partial charge < -0.3 is 5.32 Å². The van der Waals surface area contributed by atoms with Crippen LogP contribution in [0.15, 0.2) is 12.3 Å². The van der Waals surface area contributed by atoms with E-state index in [1.165, 1.54) is 18.5 Å². The van der Waals surface area contributed by atoms with Crippen molar-refractivity contribution >= 4 is 0 Å². The number of aromatic nitrogens is 2. The number of nitrogens with one attached hydrogen (secondary N) is 1. The maximum atomic E-state index is 4.67. The summed E-state index contributed by atoms with van der Waals surface area (Å²) in [5.74, 6) is 0.776. The summed E-state index contributed by atoms with van der Waals surface area (Å²) in [6.45, 7) is 8.98. The van der Waals surface area contributed by atoms with Crippen LogP contribution in [0.1, 0.15) is 58.7 Å². The van der Waals surface area contributed by atoms with Crippen LogP contribution in [0.3, 0.4) is 0 Å². The van der Waals surface area contributed by atoms with E-state index in [4.69, 9.17) is 0 Å². The molecule has 1 aromatic heterocycles. The summed E-state index contributed by atoms with van der Waals surface area (Å²) in [4.78, 5) is 0. The van der Waals surface area contributed by atoms with Crippen molar-refractivity contribution in [3.05, 3.63) is 18.0 Å². The van der Waals surface area contributed by atoms with E-state index >= 15 is 0 Å². The van der Waals surface area contributed by atoms with Gasteiger partial charge in [-0.2, -0.15) is 5.10 Å². The van der Waals surface area contributed by atoms with Gasteiger partial charge in [-0.05, 0) is 45.2 Å². The number of nitrogens with zero attached hydrogens (tertiary/aromatic N) is 2. The lowest BCUT2D eigenvalue weighted by molar-refractivity contribution is 0.438. The second-order valence-electron chi connectivity index (χ2n) is 5.71. The van der Waals surface area contributed by atoms with Crippen LogP contribution >= 0.6 is 0 Å². The molecule has 0 spiro atoms. The number of hydrogen-bond donors (Lipinski definition) is 1. The van der Waals surface area contributed by atoms with E-state index in [1.54, 1.807) is 0 Å². The molecule has 104 valence electrons. The summed E-state index contributed by atoms with van der Waals surface area (Å²) >= 11 is 0. The second kappa shape index (κ2) is 7.57. The molecule has 0 aliphatic rings. The molecule has 3 nitrogen and oxygen atoms in total. The molecule has 0 aliphatic heterocycles. The van der Waals surface area contributed by atoms with E-state index in [2.05, 4.69) is 62.1 Å². The van der Waals surface area contributed by atoms with E-state index < -0.39 is 0 Å². The van der Waals surface area contributed by atoms with Crippen LogP contribution in [-0.2, 0) is 6.42 Å². The van der Waals surface area contributed by atoms with Gasteiger partial charge in [0.05, 0.1) is 5.69 Å². The summed E-state index contributed by atoms with van der Waals surface area (Å²) in [5, 5.41) is 8.08. The first-order valence-corrected chi connectivity index (χ1v) is 7.28. The molecule has 0 saturated carbocycles. The Bertz CT molecular complexity index is 330. The van der Waals surface area contributed by atoms with Crippen molar-refractivity contribution in [1.29, 1.82) is 0 Å². The highest BCUT2D eigenvalue weighted by Gasteiger charge is 2.11. The summed E-state index contributed by atoms with van der Waals surface area (Å²) < 4.78 is 2.09. The minimum atomic E-state index is 0.502. The molecule has 2 unspecified atom stereocenters. The molecular weight excluding hydrogens is 222 g/mol. The van der Waals surface area contributed by atoms with Gasteiger partial charge in [0, 0.05) is 24.7 Å². The quantitative estimate of drug-likeness (QED) is 0.767. The van der Waals surface area contributed by atoms with Gasteiger partial charge in [0.2, 0.25) is 0 Å². The van der Waals surface area contributed by atoms with Gasteiger partial charge in [0.25, 0.3) is 0 Å². The van der Waals surface area contributed by atoms with Gasteiger partial charge in [-0.3, -0.25) is 4.68 Å². The molecule has 2 atom stereocenters. The predicted octanol–water partition coefficient (Wildman–Crippen LogP) is 3.42. The Balaban J connectivity index is 2.51. The fraction of sp³-hybridized carbons (Fsp3) is 0.800. The van der Waals surface area contributed by atoms with Crippen LogP contribution in [0, 0.1) is 5.92 Å². The summed E-state index contributed by atoms with van der Waals surface area (Å²) in [5.41, 5.74) is 1.21. The second-order valence-corrected chi connectivity index (χ2v) is 5.71. The van der Waals surface area contributed by atoms with Crippen LogP contribution in [0.4, 0.5) is 0 Å². The van der Waals surface area contributed by atoms with E-state index in [0.717, 1.165) is 18.8 Å². The Morgan fingerprint density at radius 2 is 2.00 bits per heavy atom. The molecule has 0 aromatic carbocycles. The lowest BCUT2D eigenvalue weighted by Gasteiger charge is -2.16. The molecule has 0 amide bonds. The SMILES string of the molecule is CCC(C)n1ccc(CC(CCC(C)C)NC)n1. The topological polar surface area (TPSA) is 29.9 Å². The third kappa shape index (κ3) is 4.81. The van der Waals surface area contributed by atoms with Gasteiger partial charge in [-0.15, -0.1) is 0 Å². The lowest BCUT2D eigenvalue weighted by atomic mass is 10.0. The summed E-state index contributed by atoms with van der Waals surface area (Å²) in [6.07, 6.45) is 6.77. The smallest absolute Gasteiger partial charge is 0.0640 e. The molecular formula is C15H29N3. The van der Waals surface area contributed by atoms with Crippen LogP contribution in [0.5, 0.6) is 0 Å². The highest BCUT2D eigenvalue weighted by molar-refractivity contribution is 5.02. The standard InChI is InChI=1S/C15H29N3/c1-6-13(4)18-10-9-15(17-18)11-14(16-5)8-7-12(2)3/h9-10,12-14,16H,6-8,11H2,1-5H3. The van der Waals surface area contributed by atoms with E-state index in [9.17, 15) is 0 Å².